The number of aryl methyl sites for hydroxylation is 1. The molecular formula is C17H19N5O3. The number of hydrogen-bond acceptors (Lipinski definition) is 6. The van der Waals surface area contributed by atoms with Crippen molar-refractivity contribution in [3.05, 3.63) is 41.7 Å². The SMILES string of the molecule is COc1ccccc1N1C[C@H](NC(=O)c2cc(C)nc(N)n2)CC1=O. The van der Waals surface area contributed by atoms with Gasteiger partial charge in [-0.25, -0.2) is 9.97 Å². The summed E-state index contributed by atoms with van der Waals surface area (Å²) in [5.41, 5.74) is 7.06. The van der Waals surface area contributed by atoms with E-state index in [4.69, 9.17) is 10.5 Å². The molecule has 1 aliphatic rings. The molecule has 3 N–H and O–H groups in total. The van der Waals surface area contributed by atoms with Gasteiger partial charge in [0.15, 0.2) is 0 Å². The maximum atomic E-state index is 12.4. The van der Waals surface area contributed by atoms with Crippen molar-refractivity contribution in [3.8, 4) is 5.75 Å². The van der Waals surface area contributed by atoms with E-state index in [1.807, 2.05) is 18.2 Å². The predicted octanol–water partition coefficient (Wildman–Crippen LogP) is 0.911. The molecule has 1 aliphatic heterocycles. The van der Waals surface area contributed by atoms with E-state index in [0.29, 0.717) is 23.7 Å². The molecule has 25 heavy (non-hydrogen) atoms. The Bertz CT molecular complexity index is 803. The molecule has 0 spiro atoms. The zero-order chi connectivity index (χ0) is 18.0. The van der Waals surface area contributed by atoms with E-state index in [9.17, 15) is 9.59 Å². The molecule has 0 unspecified atom stereocenters. The number of ether oxygens (including phenoxy) is 1. The number of amides is 2. The second kappa shape index (κ2) is 6.76. The number of carbonyl (C=O) groups excluding carboxylic acids is 2. The molecule has 3 rings (SSSR count). The molecule has 0 aliphatic carbocycles. The van der Waals surface area contributed by atoms with Crippen molar-refractivity contribution in [1.29, 1.82) is 0 Å². The van der Waals surface area contributed by atoms with Gasteiger partial charge in [-0.15, -0.1) is 0 Å². The number of nitrogens with zero attached hydrogens (tertiary/aromatic N) is 3. The van der Waals surface area contributed by atoms with Gasteiger partial charge < -0.3 is 20.7 Å². The third-order valence-electron chi connectivity index (χ3n) is 3.94. The first kappa shape index (κ1) is 16.7. The predicted molar refractivity (Wildman–Crippen MR) is 92.4 cm³/mol. The van der Waals surface area contributed by atoms with Gasteiger partial charge in [0.2, 0.25) is 11.9 Å². The Labute approximate surface area is 145 Å². The van der Waals surface area contributed by atoms with Crippen LogP contribution < -0.4 is 20.7 Å². The third kappa shape index (κ3) is 3.52. The lowest BCUT2D eigenvalue weighted by Gasteiger charge is -2.19. The summed E-state index contributed by atoms with van der Waals surface area (Å²) in [4.78, 5) is 34.2. The first-order valence-electron chi connectivity index (χ1n) is 7.83. The number of carbonyl (C=O) groups is 2. The van der Waals surface area contributed by atoms with Gasteiger partial charge in [-0.1, -0.05) is 12.1 Å². The summed E-state index contributed by atoms with van der Waals surface area (Å²) in [5, 5.41) is 2.83. The fourth-order valence-electron chi connectivity index (χ4n) is 2.86. The molecule has 0 saturated carbocycles. The molecule has 1 saturated heterocycles. The molecule has 8 nitrogen and oxygen atoms in total. The lowest BCUT2D eigenvalue weighted by atomic mass is 10.2. The molecule has 8 heteroatoms. The second-order valence-electron chi connectivity index (χ2n) is 5.80. The molecule has 2 aromatic rings. The lowest BCUT2D eigenvalue weighted by molar-refractivity contribution is -0.117. The van der Waals surface area contributed by atoms with E-state index in [0.717, 1.165) is 0 Å². The van der Waals surface area contributed by atoms with Crippen molar-refractivity contribution in [2.24, 2.45) is 0 Å². The molecule has 0 radical (unpaired) electrons. The van der Waals surface area contributed by atoms with E-state index in [2.05, 4.69) is 15.3 Å². The van der Waals surface area contributed by atoms with Crippen LogP contribution in [-0.4, -0.2) is 41.5 Å². The van der Waals surface area contributed by atoms with Crippen LogP contribution in [0.25, 0.3) is 0 Å². The zero-order valence-corrected chi connectivity index (χ0v) is 14.0. The van der Waals surface area contributed by atoms with E-state index >= 15 is 0 Å². The van der Waals surface area contributed by atoms with Gasteiger partial charge in [-0.2, -0.15) is 0 Å². The van der Waals surface area contributed by atoms with E-state index in [-0.39, 0.29) is 35.9 Å². The first-order valence-corrected chi connectivity index (χ1v) is 7.83. The number of methoxy groups -OCH3 is 1. The number of benzene rings is 1. The van der Waals surface area contributed by atoms with Gasteiger partial charge in [0.1, 0.15) is 11.4 Å². The third-order valence-corrected chi connectivity index (χ3v) is 3.94. The minimum atomic E-state index is -0.378. The van der Waals surface area contributed by atoms with E-state index < -0.39 is 0 Å². The summed E-state index contributed by atoms with van der Waals surface area (Å²) in [6, 6.07) is 8.52. The summed E-state index contributed by atoms with van der Waals surface area (Å²) in [6.45, 7) is 2.10. The van der Waals surface area contributed by atoms with Crippen molar-refractivity contribution in [1.82, 2.24) is 15.3 Å². The number of nitrogen functional groups attached to an aromatic ring is 1. The average Bonchev–Trinajstić information content (AvgIpc) is 2.94. The summed E-state index contributed by atoms with van der Waals surface area (Å²) in [5.74, 6) is 0.204. The van der Waals surface area contributed by atoms with Crippen LogP contribution in [0.15, 0.2) is 30.3 Å². The van der Waals surface area contributed by atoms with E-state index in [1.54, 1.807) is 31.1 Å². The van der Waals surface area contributed by atoms with Crippen LogP contribution in [0, 0.1) is 6.92 Å². The second-order valence-corrected chi connectivity index (χ2v) is 5.80. The van der Waals surface area contributed by atoms with Crippen LogP contribution >= 0.6 is 0 Å². The lowest BCUT2D eigenvalue weighted by Crippen LogP contribution is -2.37. The van der Waals surface area contributed by atoms with Gasteiger partial charge in [0.05, 0.1) is 18.8 Å². The standard InChI is InChI=1S/C17H19N5O3/c1-10-7-12(21-17(18)19-10)16(24)20-11-8-15(23)22(9-11)13-5-3-4-6-14(13)25-2/h3-7,11H,8-9H2,1-2H3,(H,20,24)(H2,18,19,21)/t11-/m1/s1. The number of nitrogens with two attached hydrogens (primary N) is 1. The van der Waals surface area contributed by atoms with Gasteiger partial charge >= 0.3 is 0 Å². The maximum absolute atomic E-state index is 12.4. The van der Waals surface area contributed by atoms with Crippen molar-refractivity contribution in [2.45, 2.75) is 19.4 Å². The zero-order valence-electron chi connectivity index (χ0n) is 14.0. The molecule has 2 amide bonds. The van der Waals surface area contributed by atoms with Crippen molar-refractivity contribution in [3.63, 3.8) is 0 Å². The Morgan fingerprint density at radius 1 is 1.36 bits per heavy atom. The monoisotopic (exact) mass is 341 g/mol. The van der Waals surface area contributed by atoms with Crippen LogP contribution in [0.2, 0.25) is 0 Å². The normalized spacial score (nSPS) is 16.8. The number of para-hydroxylation sites is 2. The van der Waals surface area contributed by atoms with Crippen LogP contribution in [0.1, 0.15) is 22.6 Å². The fourth-order valence-corrected chi connectivity index (χ4v) is 2.86. The van der Waals surface area contributed by atoms with Gasteiger partial charge in [0.25, 0.3) is 5.91 Å². The van der Waals surface area contributed by atoms with Crippen LogP contribution in [0.3, 0.4) is 0 Å². The first-order chi connectivity index (χ1) is 12.0. The largest absolute Gasteiger partial charge is 0.495 e. The summed E-state index contributed by atoms with van der Waals surface area (Å²) in [6.07, 6.45) is 0.212. The molecular weight excluding hydrogens is 322 g/mol. The Morgan fingerprint density at radius 3 is 2.84 bits per heavy atom. The highest BCUT2D eigenvalue weighted by Gasteiger charge is 2.33. The van der Waals surface area contributed by atoms with Gasteiger partial charge in [0, 0.05) is 18.7 Å². The maximum Gasteiger partial charge on any atom is 0.270 e. The molecule has 1 aromatic heterocycles. The number of hydrogen-bond donors (Lipinski definition) is 2. The highest BCUT2D eigenvalue weighted by molar-refractivity contribution is 5.99. The Hall–Kier alpha value is -3.16. The smallest absolute Gasteiger partial charge is 0.270 e. The van der Waals surface area contributed by atoms with Crippen molar-refractivity contribution in [2.75, 3.05) is 24.3 Å². The quantitative estimate of drug-likeness (QED) is 0.855. The number of anilines is 2. The Kier molecular flexibility index (Phi) is 4.51. The molecule has 1 fully saturated rings. The fraction of sp³-hybridized carbons (Fsp3) is 0.294. The van der Waals surface area contributed by atoms with E-state index in [1.165, 1.54) is 0 Å². The highest BCUT2D eigenvalue weighted by atomic mass is 16.5. The highest BCUT2D eigenvalue weighted by Crippen LogP contribution is 2.31. The summed E-state index contributed by atoms with van der Waals surface area (Å²) < 4.78 is 5.31. The number of aromatic nitrogens is 2. The minimum Gasteiger partial charge on any atom is -0.495 e. The molecule has 1 atom stereocenters. The van der Waals surface area contributed by atoms with Crippen LogP contribution in [0.4, 0.5) is 11.6 Å². The average molecular weight is 341 g/mol. The van der Waals surface area contributed by atoms with Gasteiger partial charge in [-0.3, -0.25) is 9.59 Å². The number of nitrogens with one attached hydrogen (secondary N) is 1. The Morgan fingerprint density at radius 2 is 2.12 bits per heavy atom. The molecule has 130 valence electrons. The van der Waals surface area contributed by atoms with Crippen LogP contribution in [-0.2, 0) is 4.79 Å². The molecule has 0 bridgehead atoms. The van der Waals surface area contributed by atoms with Crippen molar-refractivity contribution >= 4 is 23.5 Å². The molecule has 1 aromatic carbocycles. The number of rotatable bonds is 4. The van der Waals surface area contributed by atoms with Crippen LogP contribution in [0.5, 0.6) is 5.75 Å². The minimum absolute atomic E-state index is 0.0447. The summed E-state index contributed by atoms with van der Waals surface area (Å²) >= 11 is 0. The summed E-state index contributed by atoms with van der Waals surface area (Å²) in [7, 11) is 1.56. The Balaban J connectivity index is 1.73. The topological polar surface area (TPSA) is 110 Å². The molecule has 2 heterocycles. The van der Waals surface area contributed by atoms with Gasteiger partial charge in [-0.05, 0) is 25.1 Å². The van der Waals surface area contributed by atoms with Crippen molar-refractivity contribution < 1.29 is 14.3 Å².